The molecule has 1 unspecified atom stereocenters. The first-order valence-corrected chi connectivity index (χ1v) is 33.3. The van der Waals surface area contributed by atoms with Gasteiger partial charge in [0.2, 0.25) is 0 Å². The van der Waals surface area contributed by atoms with Gasteiger partial charge in [-0.05, 0) is 148 Å². The molecule has 6 nitrogen and oxygen atoms in total. The first kappa shape index (κ1) is 77.5. The molecule has 0 bridgehead atoms. The lowest BCUT2D eigenvalue weighted by molar-refractivity contribution is -0.167. The van der Waals surface area contributed by atoms with Crippen LogP contribution in [0.1, 0.15) is 265 Å². The molecule has 0 fully saturated rings. The molecule has 0 N–H and O–H groups in total. The molecule has 0 aromatic heterocycles. The van der Waals surface area contributed by atoms with Crippen molar-refractivity contribution in [3.05, 3.63) is 182 Å². The molecule has 83 heavy (non-hydrogen) atoms. The van der Waals surface area contributed by atoms with Crippen LogP contribution in [0.2, 0.25) is 0 Å². The Bertz CT molecular complexity index is 1940. The van der Waals surface area contributed by atoms with Crippen LogP contribution in [0.4, 0.5) is 0 Å². The van der Waals surface area contributed by atoms with Crippen molar-refractivity contribution in [3.63, 3.8) is 0 Å². The molecule has 0 saturated heterocycles. The van der Waals surface area contributed by atoms with Gasteiger partial charge in [0.15, 0.2) is 6.10 Å². The third kappa shape index (κ3) is 67.2. The van der Waals surface area contributed by atoms with Crippen molar-refractivity contribution in [2.24, 2.45) is 0 Å². The van der Waals surface area contributed by atoms with Crippen molar-refractivity contribution in [1.82, 2.24) is 0 Å². The van der Waals surface area contributed by atoms with Crippen molar-refractivity contribution in [1.29, 1.82) is 0 Å². The van der Waals surface area contributed by atoms with E-state index in [1.807, 2.05) is 0 Å². The van der Waals surface area contributed by atoms with E-state index < -0.39 is 6.10 Å². The zero-order chi connectivity index (χ0) is 59.9. The summed E-state index contributed by atoms with van der Waals surface area (Å²) in [6.07, 6.45) is 103. The lowest BCUT2D eigenvalue weighted by Gasteiger charge is -2.18. The summed E-state index contributed by atoms with van der Waals surface area (Å²) in [6.45, 7) is 6.21. The average molecular weight is 1140 g/mol. The Balaban J connectivity index is 4.48. The normalized spacial score (nSPS) is 13.3. The summed E-state index contributed by atoms with van der Waals surface area (Å²) in [5.74, 6) is -1.03. The minimum atomic E-state index is -0.838. The second-order valence-electron chi connectivity index (χ2n) is 21.2. The summed E-state index contributed by atoms with van der Waals surface area (Å²) >= 11 is 0. The Hall–Kier alpha value is -5.49. The molecule has 0 amide bonds. The molecular formula is C77H120O6. The number of allylic oxidation sites excluding steroid dienone is 30. The van der Waals surface area contributed by atoms with E-state index in [9.17, 15) is 14.4 Å². The largest absolute Gasteiger partial charge is 0.462 e. The molecule has 1 atom stereocenters. The Kier molecular flexibility index (Phi) is 64.4. The molecule has 0 aliphatic heterocycles. The highest BCUT2D eigenvalue weighted by molar-refractivity contribution is 5.71. The lowest BCUT2D eigenvalue weighted by atomic mass is 10.0. The van der Waals surface area contributed by atoms with Gasteiger partial charge in [-0.3, -0.25) is 14.4 Å². The van der Waals surface area contributed by atoms with Gasteiger partial charge in [-0.1, -0.05) is 280 Å². The quantitative estimate of drug-likeness (QED) is 0.0261. The van der Waals surface area contributed by atoms with Gasteiger partial charge in [0.25, 0.3) is 0 Å². The Labute approximate surface area is 510 Å². The van der Waals surface area contributed by atoms with E-state index >= 15 is 0 Å². The van der Waals surface area contributed by atoms with Gasteiger partial charge in [-0.2, -0.15) is 0 Å². The smallest absolute Gasteiger partial charge is 0.306 e. The molecule has 0 rings (SSSR count). The van der Waals surface area contributed by atoms with Crippen molar-refractivity contribution in [2.75, 3.05) is 13.2 Å². The monoisotopic (exact) mass is 1140 g/mol. The van der Waals surface area contributed by atoms with Gasteiger partial charge in [-0.25, -0.2) is 0 Å². The van der Waals surface area contributed by atoms with Crippen LogP contribution in [-0.4, -0.2) is 37.2 Å². The van der Waals surface area contributed by atoms with E-state index in [0.717, 1.165) is 135 Å². The Morgan fingerprint density at radius 1 is 0.241 bits per heavy atom. The number of carbonyl (C=O) groups is 3. The molecule has 0 aromatic rings. The molecule has 0 aliphatic carbocycles. The molecule has 464 valence electrons. The van der Waals surface area contributed by atoms with E-state index in [4.69, 9.17) is 14.2 Å². The maximum atomic E-state index is 12.9. The second-order valence-corrected chi connectivity index (χ2v) is 21.2. The van der Waals surface area contributed by atoms with Crippen LogP contribution in [0.3, 0.4) is 0 Å². The topological polar surface area (TPSA) is 78.9 Å². The van der Waals surface area contributed by atoms with Crippen molar-refractivity contribution in [2.45, 2.75) is 271 Å². The average Bonchev–Trinajstić information content (AvgIpc) is 3.49. The van der Waals surface area contributed by atoms with Gasteiger partial charge >= 0.3 is 17.9 Å². The number of esters is 3. The second kappa shape index (κ2) is 69.0. The van der Waals surface area contributed by atoms with Crippen molar-refractivity contribution >= 4 is 17.9 Å². The van der Waals surface area contributed by atoms with Gasteiger partial charge in [0, 0.05) is 19.3 Å². The molecule has 0 aromatic carbocycles. The molecule has 0 saturated carbocycles. The third-order valence-corrected chi connectivity index (χ3v) is 13.4. The summed E-state index contributed by atoms with van der Waals surface area (Å²) in [5, 5.41) is 0. The summed E-state index contributed by atoms with van der Waals surface area (Å²) < 4.78 is 16.9. The predicted molar refractivity (Wildman–Crippen MR) is 361 cm³/mol. The molecular weight excluding hydrogens is 1020 g/mol. The van der Waals surface area contributed by atoms with Gasteiger partial charge in [-0.15, -0.1) is 0 Å². The molecule has 0 radical (unpaired) electrons. The Morgan fingerprint density at radius 3 is 0.735 bits per heavy atom. The van der Waals surface area contributed by atoms with Gasteiger partial charge < -0.3 is 14.2 Å². The molecule has 0 aliphatic rings. The van der Waals surface area contributed by atoms with Crippen LogP contribution in [0.25, 0.3) is 0 Å². The number of hydrogen-bond acceptors (Lipinski definition) is 6. The summed E-state index contributed by atoms with van der Waals surface area (Å²) in [7, 11) is 0. The van der Waals surface area contributed by atoms with Crippen LogP contribution in [0, 0.1) is 0 Å². The van der Waals surface area contributed by atoms with E-state index in [2.05, 4.69) is 203 Å². The fraction of sp³-hybridized carbons (Fsp3) is 0.571. The number of carbonyl (C=O) groups excluding carboxylic acids is 3. The fourth-order valence-electron chi connectivity index (χ4n) is 8.53. The lowest BCUT2D eigenvalue weighted by Crippen LogP contribution is -2.30. The zero-order valence-corrected chi connectivity index (χ0v) is 53.1. The predicted octanol–water partition coefficient (Wildman–Crippen LogP) is 23.2. The van der Waals surface area contributed by atoms with E-state index in [-0.39, 0.29) is 44.0 Å². The Morgan fingerprint density at radius 2 is 0.446 bits per heavy atom. The minimum absolute atomic E-state index is 0.123. The summed E-state index contributed by atoms with van der Waals surface area (Å²) in [6, 6.07) is 0. The fourth-order valence-corrected chi connectivity index (χ4v) is 8.53. The third-order valence-electron chi connectivity index (χ3n) is 13.4. The first-order valence-electron chi connectivity index (χ1n) is 33.3. The SMILES string of the molecule is CC/C=C\C/C=C\C/C=C\C/C=C\C/C=C\C/C=C\C/C=C\CCCC(=O)OC(COC(=O)CCCC/C=C\C/C=C\C/C=C\C/C=C\CC)COC(=O)CCCCCCCCCCCCCCCC/C=C\C/C=C\C/C=C\C/C=C\CC. The molecule has 6 heteroatoms. The number of rotatable bonds is 58. The van der Waals surface area contributed by atoms with Crippen LogP contribution in [0.5, 0.6) is 0 Å². The van der Waals surface area contributed by atoms with Gasteiger partial charge in [0.1, 0.15) is 13.2 Å². The van der Waals surface area contributed by atoms with Crippen LogP contribution < -0.4 is 0 Å². The summed E-state index contributed by atoms with van der Waals surface area (Å²) in [4.78, 5) is 38.4. The van der Waals surface area contributed by atoms with E-state index in [1.165, 1.54) is 77.0 Å². The highest BCUT2D eigenvalue weighted by atomic mass is 16.6. The highest BCUT2D eigenvalue weighted by Gasteiger charge is 2.19. The molecule has 0 heterocycles. The summed E-state index contributed by atoms with van der Waals surface area (Å²) in [5.41, 5.74) is 0. The van der Waals surface area contributed by atoms with E-state index in [0.29, 0.717) is 19.3 Å². The maximum Gasteiger partial charge on any atom is 0.306 e. The van der Waals surface area contributed by atoms with Crippen LogP contribution in [-0.2, 0) is 28.6 Å². The van der Waals surface area contributed by atoms with Crippen LogP contribution >= 0.6 is 0 Å². The maximum absolute atomic E-state index is 12.9. The van der Waals surface area contributed by atoms with Crippen molar-refractivity contribution < 1.29 is 28.6 Å². The number of hydrogen-bond donors (Lipinski definition) is 0. The van der Waals surface area contributed by atoms with Gasteiger partial charge in [0.05, 0.1) is 0 Å². The zero-order valence-electron chi connectivity index (χ0n) is 53.1. The number of ether oxygens (including phenoxy) is 3. The standard InChI is InChI=1S/C77H120O6/c1-4-7-10-13-16-19-22-25-28-30-32-34-36-37-38-39-41-42-44-46-49-52-55-58-61-64-67-70-76(79)82-73-74(72-81-75(78)69-66-63-60-57-54-51-48-27-24-21-18-15-12-9-6-3)83-77(80)71-68-65-62-59-56-53-50-47-45-43-40-35-33-31-29-26-23-20-17-14-11-8-5-2/h7-12,16-21,25-29,32-35,43,45,48,50,53-54,57,59,62,74H,4-6,13-15,22-24,30-31,36-42,44,46-47,49,51-52,55-56,58,60-61,63-73H2,1-3H3/b10-7-,11-8-,12-9-,19-16-,20-17-,21-18-,28-25-,29-26-,34-32-,35-33-,45-43-,48-27-,53-50-,57-54-,62-59-. The van der Waals surface area contributed by atoms with E-state index in [1.54, 1.807) is 0 Å². The minimum Gasteiger partial charge on any atom is -0.462 e. The first-order chi connectivity index (χ1) is 41.0. The van der Waals surface area contributed by atoms with Crippen LogP contribution in [0.15, 0.2) is 182 Å². The highest BCUT2D eigenvalue weighted by Crippen LogP contribution is 2.15. The number of unbranched alkanes of at least 4 members (excludes halogenated alkanes) is 17. The molecule has 0 spiro atoms. The van der Waals surface area contributed by atoms with Crippen molar-refractivity contribution in [3.8, 4) is 0 Å².